The van der Waals surface area contributed by atoms with Crippen LogP contribution in [0.25, 0.3) is 0 Å². The number of hydrogen-bond donors (Lipinski definition) is 0. The van der Waals surface area contributed by atoms with Crippen molar-refractivity contribution in [3.63, 3.8) is 0 Å². The molecule has 1 aromatic carbocycles. The first kappa shape index (κ1) is 16.0. The Labute approximate surface area is 140 Å². The predicted octanol–water partition coefficient (Wildman–Crippen LogP) is 2.75. The molecule has 3 rings (SSSR count). The fourth-order valence-corrected chi connectivity index (χ4v) is 3.13. The van der Waals surface area contributed by atoms with Crippen LogP contribution in [0.4, 0.5) is 0 Å². The van der Waals surface area contributed by atoms with Gasteiger partial charge in [-0.3, -0.25) is 4.79 Å². The van der Waals surface area contributed by atoms with Gasteiger partial charge in [-0.1, -0.05) is 41.9 Å². The average Bonchev–Trinajstić information content (AvgIpc) is 2.82. The highest BCUT2D eigenvalue weighted by Gasteiger charge is 2.28. The van der Waals surface area contributed by atoms with Crippen LogP contribution in [0.2, 0.25) is 5.15 Å². The van der Waals surface area contributed by atoms with Crippen molar-refractivity contribution in [3.8, 4) is 0 Å². The average molecular weight is 334 g/mol. The van der Waals surface area contributed by atoms with Gasteiger partial charge in [-0.2, -0.15) is 5.10 Å². The molecular weight excluding hydrogens is 314 g/mol. The molecule has 0 N–H and O–H groups in total. The number of aryl methyl sites for hydroxylation is 1. The summed E-state index contributed by atoms with van der Waals surface area (Å²) in [6.07, 6.45) is 0.0474. The molecule has 1 unspecified atom stereocenters. The summed E-state index contributed by atoms with van der Waals surface area (Å²) in [5.74, 6) is -0.0676. The van der Waals surface area contributed by atoms with Crippen LogP contribution >= 0.6 is 11.6 Å². The molecule has 23 heavy (non-hydrogen) atoms. The van der Waals surface area contributed by atoms with Gasteiger partial charge in [-0.15, -0.1) is 0 Å². The quantitative estimate of drug-likeness (QED) is 0.867. The monoisotopic (exact) mass is 333 g/mol. The van der Waals surface area contributed by atoms with Gasteiger partial charge in [-0.05, 0) is 19.4 Å². The third-order valence-electron chi connectivity index (χ3n) is 3.98. The van der Waals surface area contributed by atoms with Crippen molar-refractivity contribution in [2.75, 3.05) is 19.7 Å². The number of carbonyl (C=O) groups excluding carboxylic acids is 1. The normalized spacial score (nSPS) is 18.2. The smallest absolute Gasteiger partial charge is 0.259 e. The second kappa shape index (κ2) is 6.72. The molecule has 2 aromatic rings. The van der Waals surface area contributed by atoms with Gasteiger partial charge in [0.2, 0.25) is 0 Å². The Hall–Kier alpha value is -1.85. The third-order valence-corrected chi connectivity index (χ3v) is 4.37. The Balaban J connectivity index is 1.84. The van der Waals surface area contributed by atoms with Gasteiger partial charge in [0.1, 0.15) is 5.15 Å². The van der Waals surface area contributed by atoms with E-state index in [4.69, 9.17) is 16.3 Å². The standard InChI is InChI=1S/C17H20ClN3O2/c1-12-10-20(8-9-23-12)17(22)15-13(2)19-21(16(15)18)11-14-6-4-3-5-7-14/h3-7,12H,8-11H2,1-2H3. The minimum Gasteiger partial charge on any atom is -0.375 e. The number of rotatable bonds is 3. The predicted molar refractivity (Wildman–Crippen MR) is 88.8 cm³/mol. The lowest BCUT2D eigenvalue weighted by atomic mass is 10.2. The van der Waals surface area contributed by atoms with Gasteiger partial charge >= 0.3 is 0 Å². The van der Waals surface area contributed by atoms with Crippen LogP contribution in [-0.2, 0) is 11.3 Å². The second-order valence-electron chi connectivity index (χ2n) is 5.83. The lowest BCUT2D eigenvalue weighted by molar-refractivity contribution is -0.0124. The lowest BCUT2D eigenvalue weighted by Crippen LogP contribution is -2.44. The summed E-state index contributed by atoms with van der Waals surface area (Å²) in [5.41, 5.74) is 2.25. The van der Waals surface area contributed by atoms with Crippen LogP contribution < -0.4 is 0 Å². The SMILES string of the molecule is Cc1nn(Cc2ccccc2)c(Cl)c1C(=O)N1CCOC(C)C1. The molecule has 1 fully saturated rings. The number of halogens is 1. The van der Waals surface area contributed by atoms with Gasteiger partial charge in [0.25, 0.3) is 5.91 Å². The molecule has 5 nitrogen and oxygen atoms in total. The molecule has 1 amide bonds. The van der Waals surface area contributed by atoms with Crippen LogP contribution in [0.3, 0.4) is 0 Å². The largest absolute Gasteiger partial charge is 0.375 e. The summed E-state index contributed by atoms with van der Waals surface area (Å²) in [6.45, 7) is 6.06. The van der Waals surface area contributed by atoms with E-state index in [1.807, 2.05) is 44.2 Å². The number of carbonyl (C=O) groups is 1. The Morgan fingerprint density at radius 3 is 2.83 bits per heavy atom. The number of amides is 1. The molecular formula is C17H20ClN3O2. The topological polar surface area (TPSA) is 47.4 Å². The van der Waals surface area contributed by atoms with E-state index in [0.717, 1.165) is 5.56 Å². The zero-order chi connectivity index (χ0) is 16.4. The van der Waals surface area contributed by atoms with Crippen molar-refractivity contribution < 1.29 is 9.53 Å². The molecule has 2 heterocycles. The second-order valence-corrected chi connectivity index (χ2v) is 6.19. The van der Waals surface area contributed by atoms with Crippen LogP contribution in [0, 0.1) is 6.92 Å². The molecule has 6 heteroatoms. The van der Waals surface area contributed by atoms with E-state index in [1.54, 1.807) is 9.58 Å². The number of nitrogens with zero attached hydrogens (tertiary/aromatic N) is 3. The van der Waals surface area contributed by atoms with E-state index in [1.165, 1.54) is 0 Å². The van der Waals surface area contributed by atoms with Crippen molar-refractivity contribution in [1.29, 1.82) is 0 Å². The van der Waals surface area contributed by atoms with E-state index in [0.29, 0.717) is 42.7 Å². The molecule has 1 aliphatic rings. The number of morpholine rings is 1. The van der Waals surface area contributed by atoms with Crippen LogP contribution in [0.1, 0.15) is 28.5 Å². The van der Waals surface area contributed by atoms with Gasteiger partial charge < -0.3 is 9.64 Å². The molecule has 122 valence electrons. The summed E-state index contributed by atoms with van der Waals surface area (Å²) in [6, 6.07) is 9.94. The lowest BCUT2D eigenvalue weighted by Gasteiger charge is -2.31. The molecule has 0 bridgehead atoms. The number of hydrogen-bond acceptors (Lipinski definition) is 3. The number of aromatic nitrogens is 2. The fraction of sp³-hybridized carbons (Fsp3) is 0.412. The highest BCUT2D eigenvalue weighted by atomic mass is 35.5. The molecule has 1 aromatic heterocycles. The Morgan fingerprint density at radius 2 is 2.13 bits per heavy atom. The van der Waals surface area contributed by atoms with E-state index in [9.17, 15) is 4.79 Å². The Kier molecular flexibility index (Phi) is 4.68. The molecule has 0 radical (unpaired) electrons. The van der Waals surface area contributed by atoms with Gasteiger partial charge in [-0.25, -0.2) is 4.68 Å². The fourth-order valence-electron chi connectivity index (χ4n) is 2.82. The van der Waals surface area contributed by atoms with E-state index in [-0.39, 0.29) is 12.0 Å². The van der Waals surface area contributed by atoms with Gasteiger partial charge in [0.15, 0.2) is 0 Å². The zero-order valence-corrected chi connectivity index (χ0v) is 14.1. The minimum absolute atomic E-state index is 0.0474. The first-order chi connectivity index (χ1) is 11.1. The van der Waals surface area contributed by atoms with Crippen LogP contribution in [0.15, 0.2) is 30.3 Å². The number of ether oxygens (including phenoxy) is 1. The van der Waals surface area contributed by atoms with Crippen LogP contribution in [0.5, 0.6) is 0 Å². The van der Waals surface area contributed by atoms with Crippen molar-refractivity contribution >= 4 is 17.5 Å². The Bertz CT molecular complexity index is 699. The summed E-state index contributed by atoms with van der Waals surface area (Å²) >= 11 is 6.45. The minimum atomic E-state index is -0.0676. The first-order valence-corrected chi connectivity index (χ1v) is 8.11. The van der Waals surface area contributed by atoms with Crippen molar-refractivity contribution in [2.45, 2.75) is 26.5 Å². The van der Waals surface area contributed by atoms with Gasteiger partial charge in [0.05, 0.1) is 30.5 Å². The van der Waals surface area contributed by atoms with Crippen molar-refractivity contribution in [3.05, 3.63) is 52.3 Å². The molecule has 1 saturated heterocycles. The highest BCUT2D eigenvalue weighted by Crippen LogP contribution is 2.23. The summed E-state index contributed by atoms with van der Waals surface area (Å²) < 4.78 is 7.17. The highest BCUT2D eigenvalue weighted by molar-refractivity contribution is 6.33. The molecule has 1 aliphatic heterocycles. The molecule has 0 aliphatic carbocycles. The van der Waals surface area contributed by atoms with E-state index < -0.39 is 0 Å². The molecule has 0 saturated carbocycles. The van der Waals surface area contributed by atoms with Crippen molar-refractivity contribution in [1.82, 2.24) is 14.7 Å². The Morgan fingerprint density at radius 1 is 1.39 bits per heavy atom. The molecule has 0 spiro atoms. The van der Waals surface area contributed by atoms with Crippen molar-refractivity contribution in [2.24, 2.45) is 0 Å². The summed E-state index contributed by atoms with van der Waals surface area (Å²) in [7, 11) is 0. The van der Waals surface area contributed by atoms with E-state index >= 15 is 0 Å². The maximum atomic E-state index is 12.8. The van der Waals surface area contributed by atoms with E-state index in [2.05, 4.69) is 5.10 Å². The summed E-state index contributed by atoms with van der Waals surface area (Å²) in [4.78, 5) is 14.6. The van der Waals surface area contributed by atoms with Gasteiger partial charge in [0, 0.05) is 13.1 Å². The maximum Gasteiger partial charge on any atom is 0.259 e. The zero-order valence-electron chi connectivity index (χ0n) is 13.3. The third kappa shape index (κ3) is 3.41. The molecule has 1 atom stereocenters. The first-order valence-electron chi connectivity index (χ1n) is 7.74. The summed E-state index contributed by atoms with van der Waals surface area (Å²) in [5, 5.41) is 4.84. The maximum absolute atomic E-state index is 12.8. The number of benzene rings is 1. The van der Waals surface area contributed by atoms with Crippen LogP contribution in [-0.4, -0.2) is 46.4 Å².